The number of nitrogens with one attached hydrogen (secondary N) is 1. The molecule has 1 spiro atoms. The van der Waals surface area contributed by atoms with Crippen LogP contribution in [-0.4, -0.2) is 47.6 Å². The molecule has 1 aliphatic carbocycles. The zero-order valence-corrected chi connectivity index (χ0v) is 13.0. The molecule has 118 valence electrons. The van der Waals surface area contributed by atoms with Crippen LogP contribution in [0.5, 0.6) is 0 Å². The first-order valence-corrected chi connectivity index (χ1v) is 8.27. The molecule has 1 unspecified atom stereocenters. The Morgan fingerprint density at radius 3 is 2.57 bits per heavy atom. The molecule has 1 saturated carbocycles. The van der Waals surface area contributed by atoms with Crippen LogP contribution in [0.1, 0.15) is 58.3 Å². The Morgan fingerprint density at radius 1 is 1.14 bits per heavy atom. The quantitative estimate of drug-likeness (QED) is 0.841. The van der Waals surface area contributed by atoms with E-state index < -0.39 is 5.54 Å². The summed E-state index contributed by atoms with van der Waals surface area (Å²) in [6, 6.07) is 0. The molecule has 0 radical (unpaired) electrons. The van der Waals surface area contributed by atoms with Crippen LogP contribution in [-0.2, 0) is 14.3 Å². The third-order valence-corrected chi connectivity index (χ3v) is 5.22. The third-order valence-electron chi connectivity index (χ3n) is 5.22. The molecule has 5 heteroatoms. The molecular formula is C16H26N2O3. The van der Waals surface area contributed by atoms with E-state index in [1.165, 1.54) is 0 Å². The number of rotatable bonds is 2. The molecular weight excluding hydrogens is 268 g/mol. The van der Waals surface area contributed by atoms with Crippen molar-refractivity contribution in [3.05, 3.63) is 0 Å². The molecule has 21 heavy (non-hydrogen) atoms. The maximum absolute atomic E-state index is 13.1. The Morgan fingerprint density at radius 2 is 1.90 bits per heavy atom. The molecule has 0 aromatic rings. The SMILES string of the molecule is CC1(CN2CCC(=O)NC3(CCCCC3)C2=O)CCCO1. The van der Waals surface area contributed by atoms with E-state index >= 15 is 0 Å². The minimum absolute atomic E-state index is 0.0187. The van der Waals surface area contributed by atoms with Crippen LogP contribution < -0.4 is 5.32 Å². The van der Waals surface area contributed by atoms with Gasteiger partial charge in [0.15, 0.2) is 0 Å². The Labute approximate surface area is 126 Å². The fourth-order valence-electron chi connectivity index (χ4n) is 4.03. The topological polar surface area (TPSA) is 58.6 Å². The van der Waals surface area contributed by atoms with Crippen molar-refractivity contribution in [1.29, 1.82) is 0 Å². The minimum Gasteiger partial charge on any atom is -0.373 e. The van der Waals surface area contributed by atoms with Gasteiger partial charge in [0, 0.05) is 26.1 Å². The summed E-state index contributed by atoms with van der Waals surface area (Å²) in [5.74, 6) is 0.134. The van der Waals surface area contributed by atoms with Gasteiger partial charge < -0.3 is 15.0 Å². The molecule has 2 aliphatic heterocycles. The van der Waals surface area contributed by atoms with Crippen molar-refractivity contribution in [2.24, 2.45) is 0 Å². The van der Waals surface area contributed by atoms with Gasteiger partial charge in [-0.05, 0) is 32.6 Å². The van der Waals surface area contributed by atoms with Crippen molar-refractivity contribution < 1.29 is 14.3 Å². The number of carbonyl (C=O) groups is 2. The lowest BCUT2D eigenvalue weighted by atomic mass is 9.80. The Kier molecular flexibility index (Phi) is 3.95. The van der Waals surface area contributed by atoms with Crippen molar-refractivity contribution in [3.8, 4) is 0 Å². The van der Waals surface area contributed by atoms with E-state index in [1.807, 2.05) is 4.90 Å². The molecule has 1 N–H and O–H groups in total. The normalized spacial score (nSPS) is 33.1. The minimum atomic E-state index is -0.638. The predicted octanol–water partition coefficient (Wildman–Crippen LogP) is 1.61. The molecule has 3 rings (SSSR count). The van der Waals surface area contributed by atoms with E-state index in [2.05, 4.69) is 12.2 Å². The molecule has 2 saturated heterocycles. The van der Waals surface area contributed by atoms with E-state index in [0.717, 1.165) is 51.6 Å². The van der Waals surface area contributed by atoms with Crippen LogP contribution in [0.15, 0.2) is 0 Å². The first kappa shape index (κ1) is 14.8. The first-order chi connectivity index (χ1) is 10.0. The summed E-state index contributed by atoms with van der Waals surface area (Å²) in [4.78, 5) is 27.0. The van der Waals surface area contributed by atoms with Crippen LogP contribution in [0, 0.1) is 0 Å². The lowest BCUT2D eigenvalue weighted by Gasteiger charge is -2.40. The number of carbonyl (C=O) groups excluding carboxylic acids is 2. The Hall–Kier alpha value is -1.10. The van der Waals surface area contributed by atoms with E-state index in [4.69, 9.17) is 4.74 Å². The highest BCUT2D eigenvalue weighted by Gasteiger charge is 2.46. The average Bonchev–Trinajstić information content (AvgIpc) is 2.86. The van der Waals surface area contributed by atoms with E-state index in [9.17, 15) is 9.59 Å². The standard InChI is InChI=1S/C16H26N2O3/c1-15(7-5-11-21-15)12-18-10-6-13(19)17-16(14(18)20)8-3-2-4-9-16/h2-12H2,1H3,(H,17,19). The zero-order chi connectivity index (χ0) is 14.9. The molecule has 2 amide bonds. The molecule has 2 heterocycles. The number of hydrogen-bond acceptors (Lipinski definition) is 3. The monoisotopic (exact) mass is 294 g/mol. The van der Waals surface area contributed by atoms with Gasteiger partial charge in [-0.25, -0.2) is 0 Å². The first-order valence-electron chi connectivity index (χ1n) is 8.27. The van der Waals surface area contributed by atoms with Crippen molar-refractivity contribution in [2.45, 2.75) is 69.4 Å². The van der Waals surface area contributed by atoms with Crippen molar-refractivity contribution in [1.82, 2.24) is 10.2 Å². The maximum Gasteiger partial charge on any atom is 0.248 e. The van der Waals surface area contributed by atoms with Crippen molar-refractivity contribution >= 4 is 11.8 Å². The Bertz CT molecular complexity index is 423. The highest BCUT2D eigenvalue weighted by molar-refractivity contribution is 5.93. The predicted molar refractivity (Wildman–Crippen MR) is 78.7 cm³/mol. The Balaban J connectivity index is 1.79. The number of ether oxygens (including phenoxy) is 1. The average molecular weight is 294 g/mol. The largest absolute Gasteiger partial charge is 0.373 e. The molecule has 5 nitrogen and oxygen atoms in total. The highest BCUT2D eigenvalue weighted by Crippen LogP contribution is 2.33. The van der Waals surface area contributed by atoms with Crippen LogP contribution in [0.3, 0.4) is 0 Å². The number of hydrogen-bond donors (Lipinski definition) is 1. The molecule has 0 aromatic heterocycles. The molecule has 3 aliphatic rings. The van der Waals surface area contributed by atoms with Gasteiger partial charge in [0.05, 0.1) is 5.60 Å². The summed E-state index contributed by atoms with van der Waals surface area (Å²) in [6.45, 7) is 4.00. The summed E-state index contributed by atoms with van der Waals surface area (Å²) in [7, 11) is 0. The lowest BCUT2D eigenvalue weighted by molar-refractivity contribution is -0.143. The van der Waals surface area contributed by atoms with Crippen LogP contribution >= 0.6 is 0 Å². The second kappa shape index (κ2) is 5.59. The molecule has 0 bridgehead atoms. The summed E-state index contributed by atoms with van der Waals surface area (Å²) in [5, 5.41) is 3.04. The van der Waals surface area contributed by atoms with E-state index in [1.54, 1.807) is 0 Å². The van der Waals surface area contributed by atoms with Crippen LogP contribution in [0.2, 0.25) is 0 Å². The summed E-state index contributed by atoms with van der Waals surface area (Å²) in [6.07, 6.45) is 7.22. The lowest BCUT2D eigenvalue weighted by Crippen LogP contribution is -2.59. The smallest absolute Gasteiger partial charge is 0.248 e. The molecule has 0 aromatic carbocycles. The second-order valence-electron chi connectivity index (χ2n) is 7.07. The van der Waals surface area contributed by atoms with Crippen molar-refractivity contribution in [2.75, 3.05) is 19.7 Å². The highest BCUT2D eigenvalue weighted by atomic mass is 16.5. The van der Waals surface area contributed by atoms with Gasteiger partial charge in [-0.1, -0.05) is 19.3 Å². The van der Waals surface area contributed by atoms with Gasteiger partial charge in [0.2, 0.25) is 11.8 Å². The van der Waals surface area contributed by atoms with Crippen LogP contribution in [0.25, 0.3) is 0 Å². The van der Waals surface area contributed by atoms with Gasteiger partial charge in [0.1, 0.15) is 5.54 Å². The van der Waals surface area contributed by atoms with Crippen LogP contribution in [0.4, 0.5) is 0 Å². The fourth-order valence-corrected chi connectivity index (χ4v) is 4.03. The number of nitrogens with zero attached hydrogens (tertiary/aromatic N) is 1. The van der Waals surface area contributed by atoms with Crippen molar-refractivity contribution in [3.63, 3.8) is 0 Å². The van der Waals surface area contributed by atoms with Gasteiger partial charge >= 0.3 is 0 Å². The molecule has 3 fully saturated rings. The zero-order valence-electron chi connectivity index (χ0n) is 13.0. The van der Waals surface area contributed by atoms with Gasteiger partial charge in [0.25, 0.3) is 0 Å². The van der Waals surface area contributed by atoms with E-state index in [-0.39, 0.29) is 17.4 Å². The van der Waals surface area contributed by atoms with Gasteiger partial charge in [-0.2, -0.15) is 0 Å². The summed E-state index contributed by atoms with van der Waals surface area (Å²) in [5.41, 5.74) is -0.875. The van der Waals surface area contributed by atoms with Gasteiger partial charge in [-0.3, -0.25) is 9.59 Å². The summed E-state index contributed by atoms with van der Waals surface area (Å²) < 4.78 is 5.84. The summed E-state index contributed by atoms with van der Waals surface area (Å²) >= 11 is 0. The molecule has 1 atom stereocenters. The van der Waals surface area contributed by atoms with E-state index in [0.29, 0.717) is 19.5 Å². The van der Waals surface area contributed by atoms with Gasteiger partial charge in [-0.15, -0.1) is 0 Å². The second-order valence-corrected chi connectivity index (χ2v) is 7.07. The maximum atomic E-state index is 13.1. The third kappa shape index (κ3) is 2.93. The fraction of sp³-hybridized carbons (Fsp3) is 0.875. The number of amides is 2.